The molecule has 3 aromatic rings. The van der Waals surface area contributed by atoms with Crippen LogP contribution in [0.4, 0.5) is 0 Å². The lowest BCUT2D eigenvalue weighted by molar-refractivity contribution is -0.288. The van der Waals surface area contributed by atoms with Crippen LogP contribution in [0.15, 0.2) is 91.2 Å². The minimum atomic E-state index is -1.46. The zero-order chi connectivity index (χ0) is 35.2. The van der Waals surface area contributed by atoms with Gasteiger partial charge in [0.2, 0.25) is 12.4 Å². The molecule has 5 rings (SSSR count). The van der Waals surface area contributed by atoms with Gasteiger partial charge in [0.15, 0.2) is 26.9 Å². The topological polar surface area (TPSA) is 150 Å². The predicted octanol–water partition coefficient (Wildman–Crippen LogP) is 4.77. The van der Waals surface area contributed by atoms with E-state index < -0.39 is 78.1 Å². The van der Waals surface area contributed by atoms with Gasteiger partial charge in [-0.2, -0.15) is 0 Å². The molecule has 12 nitrogen and oxygen atoms in total. The molecule has 3 aromatic carbocycles. The van der Waals surface area contributed by atoms with Crippen LogP contribution in [-0.2, 0) is 69.9 Å². The first kappa shape index (κ1) is 35.8. The highest BCUT2D eigenvalue weighted by Crippen LogP contribution is 2.48. The van der Waals surface area contributed by atoms with Crippen molar-refractivity contribution < 1.29 is 57.1 Å². The van der Waals surface area contributed by atoms with Gasteiger partial charge in [-0.05, 0) is 36.4 Å². The number of hydrogen-bond donors (Lipinski definition) is 0. The van der Waals surface area contributed by atoms with Crippen molar-refractivity contribution in [2.75, 3.05) is 6.61 Å². The Morgan fingerprint density at radius 3 is 1.80 bits per heavy atom. The lowest BCUT2D eigenvalue weighted by Gasteiger charge is -2.44. The summed E-state index contributed by atoms with van der Waals surface area (Å²) in [6.45, 7) is 5.33. The normalized spacial score (nSPS) is 21.3. The summed E-state index contributed by atoms with van der Waals surface area (Å²) in [6, 6.07) is 21.8. The maximum atomic E-state index is 12.3. The highest BCUT2D eigenvalue weighted by molar-refractivity contribution is 8.04. The van der Waals surface area contributed by atoms with Crippen molar-refractivity contribution in [3.63, 3.8) is 0 Å². The average Bonchev–Trinajstić information content (AvgIpc) is 3.04. The third-order valence-corrected chi connectivity index (χ3v) is 11.0. The lowest BCUT2D eigenvalue weighted by atomic mass is 9.98. The molecule has 0 spiro atoms. The fourth-order valence-corrected chi connectivity index (χ4v) is 9.19. The van der Waals surface area contributed by atoms with Crippen LogP contribution in [0.5, 0.6) is 5.75 Å². The van der Waals surface area contributed by atoms with Gasteiger partial charge >= 0.3 is 29.8 Å². The van der Waals surface area contributed by atoms with E-state index in [1.807, 2.05) is 36.4 Å². The van der Waals surface area contributed by atoms with Gasteiger partial charge in [0.1, 0.15) is 36.0 Å². The Labute approximate surface area is 290 Å². The second kappa shape index (κ2) is 15.8. The summed E-state index contributed by atoms with van der Waals surface area (Å²) in [5, 5.41) is 0. The zero-order valence-electron chi connectivity index (χ0n) is 27.4. The maximum absolute atomic E-state index is 12.3. The van der Waals surface area contributed by atoms with E-state index in [9.17, 15) is 24.0 Å². The van der Waals surface area contributed by atoms with Crippen molar-refractivity contribution in [3.8, 4) is 5.75 Å². The largest absolute Gasteiger partial charge is 0.463 e. The molecule has 0 N–H and O–H groups in total. The number of fused-ring (bicyclic) bond motifs is 2. The summed E-state index contributed by atoms with van der Waals surface area (Å²) in [7, 11) is -0.520. The molecule has 49 heavy (non-hydrogen) atoms. The third kappa shape index (κ3) is 8.74. The SMILES string of the molecule is CC(=O)OCc1cc([S+]2c3ccccc3Sc3ccccc32)ccc1O[C@@H]1O[C@H](COC(C)=O)[C@@H](OC(C)=O)[C@H](OC(C)=O)[C@H]1OC(C)=O. The fraction of sp³-hybridized carbons (Fsp3) is 0.343. The number of carbonyl (C=O) groups excluding carboxylic acids is 5. The molecule has 0 bridgehead atoms. The smallest absolute Gasteiger partial charge is 0.303 e. The Kier molecular flexibility index (Phi) is 11.5. The summed E-state index contributed by atoms with van der Waals surface area (Å²) < 4.78 is 39.6. The monoisotopic (exact) mass is 711 g/mol. The molecule has 1 fully saturated rings. The Hall–Kier alpha value is -4.53. The van der Waals surface area contributed by atoms with Gasteiger partial charge in [-0.15, -0.1) is 0 Å². The van der Waals surface area contributed by atoms with E-state index in [4.69, 9.17) is 33.2 Å². The van der Waals surface area contributed by atoms with Crippen LogP contribution in [-0.4, -0.2) is 67.2 Å². The zero-order valence-corrected chi connectivity index (χ0v) is 29.0. The van der Waals surface area contributed by atoms with E-state index in [0.717, 1.165) is 45.2 Å². The molecular weight excluding hydrogens is 677 g/mol. The van der Waals surface area contributed by atoms with Crippen molar-refractivity contribution in [2.45, 2.75) is 96.4 Å². The van der Waals surface area contributed by atoms with Gasteiger partial charge in [0.25, 0.3) is 0 Å². The number of benzene rings is 3. The number of hydrogen-bond acceptors (Lipinski definition) is 13. The average molecular weight is 712 g/mol. The van der Waals surface area contributed by atoms with Crippen molar-refractivity contribution in [2.24, 2.45) is 0 Å². The van der Waals surface area contributed by atoms with Crippen LogP contribution in [0.3, 0.4) is 0 Å². The first-order valence-corrected chi connectivity index (χ1v) is 17.3. The molecule has 14 heteroatoms. The van der Waals surface area contributed by atoms with Crippen LogP contribution in [0, 0.1) is 0 Å². The number of rotatable bonds is 10. The Morgan fingerprint density at radius 1 is 0.673 bits per heavy atom. The van der Waals surface area contributed by atoms with Gasteiger partial charge in [-0.25, -0.2) is 0 Å². The number of ether oxygens (including phenoxy) is 7. The summed E-state index contributed by atoms with van der Waals surface area (Å²) in [5.74, 6) is -3.22. The second-order valence-electron chi connectivity index (χ2n) is 11.0. The van der Waals surface area contributed by atoms with Crippen LogP contribution in [0.1, 0.15) is 40.2 Å². The Morgan fingerprint density at radius 2 is 1.22 bits per heavy atom. The lowest BCUT2D eigenvalue weighted by Crippen LogP contribution is -2.63. The van der Waals surface area contributed by atoms with Gasteiger partial charge in [-0.1, -0.05) is 36.0 Å². The quantitative estimate of drug-likeness (QED) is 0.126. The first-order chi connectivity index (χ1) is 23.4. The molecule has 0 radical (unpaired) electrons. The highest BCUT2D eigenvalue weighted by atomic mass is 32.2. The molecule has 258 valence electrons. The molecule has 0 amide bonds. The molecule has 2 heterocycles. The van der Waals surface area contributed by atoms with E-state index in [2.05, 4.69) is 24.3 Å². The van der Waals surface area contributed by atoms with E-state index in [1.165, 1.54) is 13.8 Å². The van der Waals surface area contributed by atoms with Gasteiger partial charge < -0.3 is 33.2 Å². The maximum Gasteiger partial charge on any atom is 0.303 e. The van der Waals surface area contributed by atoms with Gasteiger partial charge in [-0.3, -0.25) is 24.0 Å². The van der Waals surface area contributed by atoms with Crippen LogP contribution >= 0.6 is 11.8 Å². The van der Waals surface area contributed by atoms with E-state index >= 15 is 0 Å². The Balaban J connectivity index is 1.57. The van der Waals surface area contributed by atoms with E-state index in [0.29, 0.717) is 5.56 Å². The summed E-state index contributed by atoms with van der Waals surface area (Å²) in [5.41, 5.74) is 0.473. The number of carbonyl (C=O) groups is 5. The second-order valence-corrected chi connectivity index (χ2v) is 14.1. The standard InChI is InChI=1S/C35H35O12S2/c1-19(36)41-17-24-16-25(49-30-12-8-6-10-28(30)48-29-11-7-9-13-31(29)49)14-15-26(24)46-35-34(45-23(5)40)33(44-22(4)39)32(43-21(3)38)27(47-35)18-42-20(2)37/h6-16,27,32-35H,17-18H2,1-5H3/q+1/t27-,32-,33+,34-,35-/m1/s1. The first-order valence-electron chi connectivity index (χ1n) is 15.2. The van der Waals surface area contributed by atoms with E-state index in [1.54, 1.807) is 17.8 Å². The molecule has 0 saturated carbocycles. The van der Waals surface area contributed by atoms with Crippen molar-refractivity contribution in [1.82, 2.24) is 0 Å². The predicted molar refractivity (Wildman–Crippen MR) is 174 cm³/mol. The van der Waals surface area contributed by atoms with Crippen LogP contribution < -0.4 is 4.74 Å². The van der Waals surface area contributed by atoms with Crippen LogP contribution in [0.2, 0.25) is 0 Å². The molecule has 5 atom stereocenters. The molecular formula is C35H35O12S2+. The molecule has 2 aliphatic heterocycles. The minimum Gasteiger partial charge on any atom is -0.463 e. The fourth-order valence-electron chi connectivity index (χ4n) is 5.40. The third-order valence-electron chi connectivity index (χ3n) is 7.25. The van der Waals surface area contributed by atoms with E-state index in [-0.39, 0.29) is 12.4 Å². The van der Waals surface area contributed by atoms with Gasteiger partial charge in [0.05, 0.1) is 9.79 Å². The molecule has 0 aromatic heterocycles. The molecule has 1 saturated heterocycles. The van der Waals surface area contributed by atoms with Crippen molar-refractivity contribution in [1.29, 1.82) is 0 Å². The molecule has 2 aliphatic rings. The summed E-state index contributed by atoms with van der Waals surface area (Å²) >= 11 is 1.70. The van der Waals surface area contributed by atoms with Crippen molar-refractivity contribution >= 4 is 52.5 Å². The highest BCUT2D eigenvalue weighted by Gasteiger charge is 2.53. The summed E-state index contributed by atoms with van der Waals surface area (Å²) in [6.07, 6.45) is -6.83. The minimum absolute atomic E-state index is 0.168. The van der Waals surface area contributed by atoms with Gasteiger partial charge in [0, 0.05) is 46.2 Å². The Bertz CT molecular complexity index is 1700. The van der Waals surface area contributed by atoms with Crippen molar-refractivity contribution in [3.05, 3.63) is 72.3 Å². The summed E-state index contributed by atoms with van der Waals surface area (Å²) in [4.78, 5) is 65.8. The molecule has 0 unspecified atom stereocenters. The van der Waals surface area contributed by atoms with Crippen LogP contribution in [0.25, 0.3) is 0 Å². The molecule has 0 aliphatic carbocycles. The number of esters is 5.